The van der Waals surface area contributed by atoms with Crippen LogP contribution in [0.2, 0.25) is 0 Å². The molecule has 0 heterocycles. The van der Waals surface area contributed by atoms with E-state index in [0.717, 1.165) is 27.7 Å². The van der Waals surface area contributed by atoms with Crippen LogP contribution < -0.4 is 15.1 Å². The Morgan fingerprint density at radius 3 is 2.50 bits per heavy atom. The molecule has 0 saturated carbocycles. The summed E-state index contributed by atoms with van der Waals surface area (Å²) in [4.78, 5) is 13.6. The Hall–Kier alpha value is -1.85. The van der Waals surface area contributed by atoms with Crippen LogP contribution in [0.4, 0.5) is 16.2 Å². The van der Waals surface area contributed by atoms with E-state index in [1.807, 2.05) is 24.3 Å². The number of hydrogen-bond donors (Lipinski definition) is 1. The maximum absolute atomic E-state index is 12.0. The number of nitrogens with two attached hydrogens (primary N) is 1. The number of benzene rings is 2. The molecule has 1 unspecified atom stereocenters. The zero-order chi connectivity index (χ0) is 17.7. The highest BCUT2D eigenvalue weighted by atomic mass is 79.9. The molecule has 0 spiro atoms. The van der Waals surface area contributed by atoms with E-state index >= 15 is 0 Å². The number of urea groups is 1. The second-order valence-electron chi connectivity index (χ2n) is 6.22. The fourth-order valence-electron chi connectivity index (χ4n) is 2.77. The number of quaternary nitrogens is 1. The van der Waals surface area contributed by atoms with Gasteiger partial charge in [0.25, 0.3) is 0 Å². The summed E-state index contributed by atoms with van der Waals surface area (Å²) in [5, 5.41) is 0. The number of amides is 2. The summed E-state index contributed by atoms with van der Waals surface area (Å²) in [5.41, 5.74) is 8.92. The molecule has 0 saturated heterocycles. The van der Waals surface area contributed by atoms with Gasteiger partial charge in [-0.2, -0.15) is 0 Å². The molecule has 2 aromatic rings. The quantitative estimate of drug-likeness (QED) is 0.734. The SMILES string of the molecule is CC[N+](C)(CCN(C(N)=O)c1ccccc1Br)c1cccc(C)c1. The van der Waals surface area contributed by atoms with Crippen molar-refractivity contribution < 1.29 is 4.79 Å². The maximum Gasteiger partial charge on any atom is 0.319 e. The number of anilines is 1. The summed E-state index contributed by atoms with van der Waals surface area (Å²) in [6, 6.07) is 15.7. The molecule has 0 aliphatic carbocycles. The average Bonchev–Trinajstić information content (AvgIpc) is 2.56. The van der Waals surface area contributed by atoms with Crippen molar-refractivity contribution in [1.82, 2.24) is 4.48 Å². The monoisotopic (exact) mass is 390 g/mol. The third-order valence-corrected chi connectivity index (χ3v) is 5.22. The number of para-hydroxylation sites is 1. The second kappa shape index (κ2) is 7.81. The summed E-state index contributed by atoms with van der Waals surface area (Å²) in [7, 11) is 2.19. The van der Waals surface area contributed by atoms with Crippen LogP contribution >= 0.6 is 15.9 Å². The van der Waals surface area contributed by atoms with E-state index in [0.29, 0.717) is 6.54 Å². The summed E-state index contributed by atoms with van der Waals surface area (Å²) < 4.78 is 1.61. The van der Waals surface area contributed by atoms with Gasteiger partial charge in [0.15, 0.2) is 0 Å². The summed E-state index contributed by atoms with van der Waals surface area (Å²) >= 11 is 3.50. The molecule has 4 nitrogen and oxygen atoms in total. The second-order valence-corrected chi connectivity index (χ2v) is 7.07. The molecule has 0 fully saturated rings. The van der Waals surface area contributed by atoms with Crippen molar-refractivity contribution in [3.63, 3.8) is 0 Å². The van der Waals surface area contributed by atoms with E-state index in [1.54, 1.807) is 4.90 Å². The van der Waals surface area contributed by atoms with Crippen LogP contribution in [-0.2, 0) is 0 Å². The molecule has 24 heavy (non-hydrogen) atoms. The van der Waals surface area contributed by atoms with Gasteiger partial charge in [-0.1, -0.05) is 24.3 Å². The van der Waals surface area contributed by atoms with Gasteiger partial charge in [-0.25, -0.2) is 4.79 Å². The number of carbonyl (C=O) groups excluding carboxylic acids is 1. The molecular formula is C19H25BrN3O+. The fourth-order valence-corrected chi connectivity index (χ4v) is 3.27. The fraction of sp³-hybridized carbons (Fsp3) is 0.316. The largest absolute Gasteiger partial charge is 0.351 e. The number of carbonyl (C=O) groups is 1. The Kier molecular flexibility index (Phi) is 6.02. The van der Waals surface area contributed by atoms with Crippen LogP contribution in [0, 0.1) is 6.92 Å². The van der Waals surface area contributed by atoms with Crippen molar-refractivity contribution in [2.24, 2.45) is 5.73 Å². The number of likely N-dealkylation sites (N-methyl/N-ethyl adjacent to an activating group) is 1. The van der Waals surface area contributed by atoms with Crippen LogP contribution in [0.5, 0.6) is 0 Å². The first-order chi connectivity index (χ1) is 11.4. The van der Waals surface area contributed by atoms with Gasteiger partial charge in [0.1, 0.15) is 12.2 Å². The summed E-state index contributed by atoms with van der Waals surface area (Å²) in [5.74, 6) is 0. The lowest BCUT2D eigenvalue weighted by molar-refractivity contribution is 0.252. The van der Waals surface area contributed by atoms with Gasteiger partial charge in [-0.15, -0.1) is 0 Å². The van der Waals surface area contributed by atoms with Gasteiger partial charge in [-0.05, 0) is 53.5 Å². The highest BCUT2D eigenvalue weighted by molar-refractivity contribution is 9.10. The number of hydrogen-bond acceptors (Lipinski definition) is 1. The standard InChI is InChI=1S/C19H24BrN3O/c1-4-23(3,16-9-7-8-15(2)14-16)13-12-22(19(21)24)18-11-6-5-10-17(18)20/h5-11,14H,4,12-13H2,1-3H3,(H-,21,24)/p+1. The van der Waals surface area contributed by atoms with Crippen molar-refractivity contribution >= 4 is 33.3 Å². The first kappa shape index (κ1) is 18.5. The number of aryl methyl sites for hydroxylation is 1. The van der Waals surface area contributed by atoms with E-state index < -0.39 is 6.03 Å². The lowest BCUT2D eigenvalue weighted by Gasteiger charge is -2.35. The van der Waals surface area contributed by atoms with Crippen molar-refractivity contribution in [1.29, 1.82) is 0 Å². The summed E-state index contributed by atoms with van der Waals surface area (Å²) in [6.07, 6.45) is 0. The van der Waals surface area contributed by atoms with E-state index in [1.165, 1.54) is 11.3 Å². The van der Waals surface area contributed by atoms with Crippen molar-refractivity contribution in [2.75, 3.05) is 31.6 Å². The van der Waals surface area contributed by atoms with Gasteiger partial charge in [0.05, 0.1) is 25.8 Å². The average molecular weight is 391 g/mol. The van der Waals surface area contributed by atoms with Crippen molar-refractivity contribution in [2.45, 2.75) is 13.8 Å². The molecule has 2 amide bonds. The van der Waals surface area contributed by atoms with E-state index in [4.69, 9.17) is 5.73 Å². The molecular weight excluding hydrogens is 366 g/mol. The Bertz CT molecular complexity index is 719. The van der Waals surface area contributed by atoms with Crippen LogP contribution in [-0.4, -0.2) is 32.7 Å². The Labute approximate surface area is 152 Å². The van der Waals surface area contributed by atoms with Gasteiger partial charge in [0, 0.05) is 10.5 Å². The maximum atomic E-state index is 12.0. The van der Waals surface area contributed by atoms with Crippen molar-refractivity contribution in [3.05, 3.63) is 58.6 Å². The van der Waals surface area contributed by atoms with Crippen LogP contribution in [0.1, 0.15) is 12.5 Å². The molecule has 5 heteroatoms. The number of halogens is 1. The zero-order valence-corrected chi connectivity index (χ0v) is 16.1. The summed E-state index contributed by atoms with van der Waals surface area (Å²) in [6.45, 7) is 6.53. The van der Waals surface area contributed by atoms with Gasteiger partial charge in [0.2, 0.25) is 0 Å². The Morgan fingerprint density at radius 1 is 1.21 bits per heavy atom. The van der Waals surface area contributed by atoms with Gasteiger partial charge in [-0.3, -0.25) is 9.38 Å². The topological polar surface area (TPSA) is 46.3 Å². The lowest BCUT2D eigenvalue weighted by atomic mass is 10.1. The lowest BCUT2D eigenvalue weighted by Crippen LogP contribution is -2.51. The zero-order valence-electron chi connectivity index (χ0n) is 14.5. The van der Waals surface area contributed by atoms with Crippen LogP contribution in [0.15, 0.2) is 53.0 Å². The van der Waals surface area contributed by atoms with Crippen LogP contribution in [0.25, 0.3) is 0 Å². The molecule has 0 bridgehead atoms. The van der Waals surface area contributed by atoms with Gasteiger partial charge >= 0.3 is 6.03 Å². The molecule has 0 aromatic heterocycles. The Balaban J connectivity index is 2.24. The van der Waals surface area contributed by atoms with Crippen molar-refractivity contribution in [3.8, 4) is 0 Å². The predicted octanol–water partition coefficient (Wildman–Crippen LogP) is 4.30. The minimum Gasteiger partial charge on any atom is -0.351 e. The minimum atomic E-state index is -0.436. The molecule has 2 aromatic carbocycles. The third-order valence-electron chi connectivity index (χ3n) is 4.55. The smallest absolute Gasteiger partial charge is 0.319 e. The molecule has 2 N–H and O–H groups in total. The molecule has 1 atom stereocenters. The van der Waals surface area contributed by atoms with E-state index in [2.05, 4.69) is 61.1 Å². The molecule has 0 radical (unpaired) electrons. The highest BCUT2D eigenvalue weighted by Gasteiger charge is 2.26. The van der Waals surface area contributed by atoms with E-state index in [9.17, 15) is 4.79 Å². The minimum absolute atomic E-state index is 0.436. The first-order valence-electron chi connectivity index (χ1n) is 8.10. The Morgan fingerprint density at radius 2 is 1.92 bits per heavy atom. The predicted molar refractivity (Wildman–Crippen MR) is 105 cm³/mol. The molecule has 128 valence electrons. The highest BCUT2D eigenvalue weighted by Crippen LogP contribution is 2.27. The molecule has 0 aliphatic heterocycles. The number of rotatable bonds is 6. The number of primary amides is 1. The van der Waals surface area contributed by atoms with E-state index in [-0.39, 0.29) is 0 Å². The number of nitrogens with zero attached hydrogens (tertiary/aromatic N) is 2. The molecule has 2 rings (SSSR count). The first-order valence-corrected chi connectivity index (χ1v) is 8.90. The molecule has 0 aliphatic rings. The van der Waals surface area contributed by atoms with Gasteiger partial charge < -0.3 is 5.73 Å². The normalized spacial score (nSPS) is 13.3. The third kappa shape index (κ3) is 4.16. The van der Waals surface area contributed by atoms with Crippen LogP contribution in [0.3, 0.4) is 0 Å².